The van der Waals surface area contributed by atoms with E-state index in [-0.39, 0.29) is 18.5 Å². The molecule has 1 unspecified atom stereocenters. The van der Waals surface area contributed by atoms with Crippen LogP contribution in [0.5, 0.6) is 17.2 Å². The number of benzene rings is 1. The van der Waals surface area contributed by atoms with Crippen LogP contribution in [0.3, 0.4) is 0 Å². The molecule has 0 spiro atoms. The summed E-state index contributed by atoms with van der Waals surface area (Å²) < 4.78 is 21.3. The van der Waals surface area contributed by atoms with Crippen molar-refractivity contribution in [3.63, 3.8) is 0 Å². The Hall–Kier alpha value is -1.66. The highest BCUT2D eigenvalue weighted by atomic mass is 35.5. The van der Waals surface area contributed by atoms with Crippen LogP contribution in [0.2, 0.25) is 0 Å². The fourth-order valence-electron chi connectivity index (χ4n) is 2.33. The number of likely N-dealkylation sites (N-methyl/N-ethyl adjacent to an activating group) is 1. The van der Waals surface area contributed by atoms with E-state index in [0.717, 1.165) is 13.1 Å². The summed E-state index contributed by atoms with van der Waals surface area (Å²) in [5, 5.41) is 0. The molecule has 1 atom stereocenters. The molecular formula is C17H27ClNO5-. The lowest BCUT2D eigenvalue weighted by Gasteiger charge is -2.23. The smallest absolute Gasteiger partial charge is 0.338 e. The predicted octanol–water partition coefficient (Wildman–Crippen LogP) is -0.396. The third-order valence-corrected chi connectivity index (χ3v) is 3.62. The number of hydrogen-bond acceptors (Lipinski definition) is 6. The molecule has 0 aromatic heterocycles. The molecule has 0 N–H and O–H groups in total. The molecule has 0 bridgehead atoms. The van der Waals surface area contributed by atoms with Gasteiger partial charge in [0.15, 0.2) is 11.5 Å². The van der Waals surface area contributed by atoms with Crippen molar-refractivity contribution in [3.8, 4) is 17.2 Å². The van der Waals surface area contributed by atoms with E-state index in [1.54, 1.807) is 12.1 Å². The molecule has 24 heavy (non-hydrogen) atoms. The van der Waals surface area contributed by atoms with Gasteiger partial charge in [0.1, 0.15) is 6.10 Å². The van der Waals surface area contributed by atoms with E-state index in [4.69, 9.17) is 18.9 Å². The molecule has 7 heteroatoms. The quantitative estimate of drug-likeness (QED) is 0.559. The first-order valence-corrected chi connectivity index (χ1v) is 7.73. The minimum Gasteiger partial charge on any atom is -1.00 e. The summed E-state index contributed by atoms with van der Waals surface area (Å²) in [5.74, 6) is 0.886. The van der Waals surface area contributed by atoms with Crippen LogP contribution in [0, 0.1) is 0 Å². The van der Waals surface area contributed by atoms with Crippen LogP contribution >= 0.6 is 0 Å². The van der Waals surface area contributed by atoms with Gasteiger partial charge in [-0.3, -0.25) is 0 Å². The molecule has 0 aliphatic rings. The van der Waals surface area contributed by atoms with Crippen LogP contribution in [-0.4, -0.2) is 57.9 Å². The first kappa shape index (κ1) is 22.3. The molecule has 0 heterocycles. The minimum absolute atomic E-state index is 0. The molecule has 6 nitrogen and oxygen atoms in total. The van der Waals surface area contributed by atoms with Crippen molar-refractivity contribution in [1.29, 1.82) is 0 Å². The van der Waals surface area contributed by atoms with Gasteiger partial charge in [0.2, 0.25) is 5.75 Å². The lowest BCUT2D eigenvalue weighted by Crippen LogP contribution is -3.00. The summed E-state index contributed by atoms with van der Waals surface area (Å²) in [4.78, 5) is 14.6. The Bertz CT molecular complexity index is 495. The van der Waals surface area contributed by atoms with Gasteiger partial charge in [0.05, 0.1) is 26.9 Å². The van der Waals surface area contributed by atoms with Crippen molar-refractivity contribution in [2.75, 3.05) is 41.0 Å². The molecular weight excluding hydrogens is 334 g/mol. The Kier molecular flexibility index (Phi) is 10.2. The van der Waals surface area contributed by atoms with Gasteiger partial charge in [-0.15, -0.1) is 0 Å². The molecule has 1 aromatic rings. The van der Waals surface area contributed by atoms with E-state index in [9.17, 15) is 4.79 Å². The van der Waals surface area contributed by atoms with Gasteiger partial charge in [0, 0.05) is 6.54 Å². The van der Waals surface area contributed by atoms with Crippen molar-refractivity contribution in [3.05, 3.63) is 17.7 Å². The lowest BCUT2D eigenvalue weighted by atomic mass is 10.2. The molecule has 138 valence electrons. The summed E-state index contributed by atoms with van der Waals surface area (Å²) in [6.07, 6.45) is -0.207. The van der Waals surface area contributed by atoms with Gasteiger partial charge >= 0.3 is 5.97 Å². The molecule has 1 aromatic carbocycles. The molecule has 0 fully saturated rings. The number of carbonyl (C=O) groups is 1. The standard InChI is InChI=1S/C17H27NO5.ClH/c1-7-18(8-2)11-12(3)23-17(19)13-9-14(20-4)16(22-6)15(10-13)21-5;/h9-10,12H,7-8,11H2,1-6H3;1H/p-1. The van der Waals surface area contributed by atoms with Crippen LogP contribution in [0.1, 0.15) is 31.1 Å². The fourth-order valence-corrected chi connectivity index (χ4v) is 2.33. The minimum atomic E-state index is -0.413. The number of methoxy groups -OCH3 is 3. The fraction of sp³-hybridized carbons (Fsp3) is 0.588. The largest absolute Gasteiger partial charge is 1.00 e. The van der Waals surface area contributed by atoms with Crippen molar-refractivity contribution in [1.82, 2.24) is 4.90 Å². The Labute approximate surface area is 150 Å². The highest BCUT2D eigenvalue weighted by molar-refractivity contribution is 5.91. The number of halogens is 1. The van der Waals surface area contributed by atoms with Gasteiger partial charge in [-0.1, -0.05) is 13.8 Å². The molecule has 0 radical (unpaired) electrons. The SMILES string of the molecule is CCN(CC)CC(C)OC(=O)c1cc(OC)c(OC)c(OC)c1.[Cl-]. The zero-order chi connectivity index (χ0) is 17.4. The maximum atomic E-state index is 12.4. The Balaban J connectivity index is 0.00000529. The van der Waals surface area contributed by atoms with Gasteiger partial charge in [-0.05, 0) is 32.1 Å². The normalized spacial score (nSPS) is 11.5. The van der Waals surface area contributed by atoms with E-state index in [1.165, 1.54) is 21.3 Å². The average molecular weight is 361 g/mol. The van der Waals surface area contributed by atoms with Gasteiger partial charge in [-0.2, -0.15) is 0 Å². The number of ether oxygens (including phenoxy) is 4. The number of nitrogens with zero attached hydrogens (tertiary/aromatic N) is 1. The van der Waals surface area contributed by atoms with Crippen molar-refractivity contribution in [2.45, 2.75) is 26.9 Å². The first-order valence-electron chi connectivity index (χ1n) is 7.73. The summed E-state index contributed by atoms with van der Waals surface area (Å²) >= 11 is 0. The summed E-state index contributed by atoms with van der Waals surface area (Å²) in [5.41, 5.74) is 0.367. The zero-order valence-corrected chi connectivity index (χ0v) is 16.0. The number of esters is 1. The second-order valence-corrected chi connectivity index (χ2v) is 5.12. The van der Waals surface area contributed by atoms with Crippen LogP contribution < -0.4 is 26.6 Å². The summed E-state index contributed by atoms with van der Waals surface area (Å²) in [6.45, 7) is 8.58. The molecule has 0 saturated heterocycles. The number of carbonyl (C=O) groups excluding carboxylic acids is 1. The monoisotopic (exact) mass is 360 g/mol. The summed E-state index contributed by atoms with van der Waals surface area (Å²) in [7, 11) is 4.54. The third kappa shape index (κ3) is 5.76. The highest BCUT2D eigenvalue weighted by Crippen LogP contribution is 2.38. The van der Waals surface area contributed by atoms with E-state index in [2.05, 4.69) is 18.7 Å². The van der Waals surface area contributed by atoms with Crippen LogP contribution in [0.4, 0.5) is 0 Å². The average Bonchev–Trinajstić information content (AvgIpc) is 2.57. The second kappa shape index (κ2) is 11.0. The Morgan fingerprint density at radius 1 is 1.04 bits per heavy atom. The molecule has 0 aliphatic carbocycles. The third-order valence-electron chi connectivity index (χ3n) is 3.62. The molecule has 0 saturated carbocycles. The Morgan fingerprint density at radius 2 is 1.54 bits per heavy atom. The molecule has 0 aliphatic heterocycles. The van der Waals surface area contributed by atoms with Gasteiger partial charge < -0.3 is 36.3 Å². The maximum absolute atomic E-state index is 12.4. The summed E-state index contributed by atoms with van der Waals surface area (Å²) in [6, 6.07) is 3.18. The van der Waals surface area contributed by atoms with Crippen LogP contribution in [0.15, 0.2) is 12.1 Å². The van der Waals surface area contributed by atoms with E-state index in [0.29, 0.717) is 29.4 Å². The molecule has 0 amide bonds. The van der Waals surface area contributed by atoms with Gasteiger partial charge in [-0.25, -0.2) is 4.79 Å². The molecule has 1 rings (SSSR count). The topological polar surface area (TPSA) is 57.2 Å². The first-order chi connectivity index (χ1) is 11.0. The van der Waals surface area contributed by atoms with Crippen molar-refractivity contribution < 1.29 is 36.1 Å². The lowest BCUT2D eigenvalue weighted by molar-refractivity contribution is -0.0000413. The van der Waals surface area contributed by atoms with Crippen LogP contribution in [-0.2, 0) is 4.74 Å². The Morgan fingerprint density at radius 3 is 1.92 bits per heavy atom. The number of hydrogen-bond donors (Lipinski definition) is 0. The van der Waals surface area contributed by atoms with E-state index < -0.39 is 5.97 Å². The predicted molar refractivity (Wildman–Crippen MR) is 88.8 cm³/mol. The second-order valence-electron chi connectivity index (χ2n) is 5.12. The van der Waals surface area contributed by atoms with E-state index in [1.807, 2.05) is 6.92 Å². The number of rotatable bonds is 9. The highest BCUT2D eigenvalue weighted by Gasteiger charge is 2.20. The maximum Gasteiger partial charge on any atom is 0.338 e. The van der Waals surface area contributed by atoms with Crippen LogP contribution in [0.25, 0.3) is 0 Å². The van der Waals surface area contributed by atoms with Gasteiger partial charge in [0.25, 0.3) is 0 Å². The zero-order valence-electron chi connectivity index (χ0n) is 15.2. The van der Waals surface area contributed by atoms with Crippen molar-refractivity contribution in [2.24, 2.45) is 0 Å². The van der Waals surface area contributed by atoms with Crippen molar-refractivity contribution >= 4 is 5.97 Å². The van der Waals surface area contributed by atoms with E-state index >= 15 is 0 Å².